The summed E-state index contributed by atoms with van der Waals surface area (Å²) < 4.78 is 43.1. The normalized spacial score (nSPS) is 21.6. The second-order valence-electron chi connectivity index (χ2n) is 4.69. The molecule has 0 aromatic carbocycles. The average molecular weight is 289 g/mol. The summed E-state index contributed by atoms with van der Waals surface area (Å²) in [5.74, 6) is 4.28. The van der Waals surface area contributed by atoms with E-state index in [-0.39, 0.29) is 23.1 Å². The molecule has 1 saturated carbocycles. The van der Waals surface area contributed by atoms with E-state index in [1.54, 1.807) is 0 Å². The highest BCUT2D eigenvalue weighted by Gasteiger charge is 2.42. The molecule has 110 valence electrons. The number of hydrazine groups is 1. The Bertz CT molecular complexity index is 519. The van der Waals surface area contributed by atoms with Crippen molar-refractivity contribution in [3.63, 3.8) is 0 Å². The second-order valence-corrected chi connectivity index (χ2v) is 4.69. The van der Waals surface area contributed by atoms with Crippen LogP contribution in [0.4, 0.5) is 13.2 Å². The number of halogens is 3. The maximum Gasteiger partial charge on any atom is 0.417 e. The summed E-state index contributed by atoms with van der Waals surface area (Å²) in [4.78, 5) is 15.2. The van der Waals surface area contributed by atoms with E-state index in [0.29, 0.717) is 19.2 Å². The van der Waals surface area contributed by atoms with E-state index in [4.69, 9.17) is 10.6 Å². The molecule has 2 rings (SSSR count). The van der Waals surface area contributed by atoms with Gasteiger partial charge >= 0.3 is 6.18 Å². The number of nitrogens with zero attached hydrogens (tertiary/aromatic N) is 1. The number of hydrogen-bond acceptors (Lipinski definition) is 4. The fraction of sp³-hybridized carbons (Fsp3) is 0.500. The number of carbonyl (C=O) groups is 1. The van der Waals surface area contributed by atoms with Crippen LogP contribution in [-0.2, 0) is 10.9 Å². The van der Waals surface area contributed by atoms with Gasteiger partial charge in [0, 0.05) is 19.9 Å². The van der Waals surface area contributed by atoms with Crippen LogP contribution in [0.1, 0.15) is 34.0 Å². The van der Waals surface area contributed by atoms with E-state index in [2.05, 4.69) is 4.98 Å². The zero-order valence-corrected chi connectivity index (χ0v) is 10.7. The van der Waals surface area contributed by atoms with Gasteiger partial charge in [-0.25, -0.2) is 5.84 Å². The van der Waals surface area contributed by atoms with E-state index in [1.165, 1.54) is 7.11 Å². The Balaban J connectivity index is 2.37. The first-order valence-corrected chi connectivity index (χ1v) is 5.95. The number of carbonyl (C=O) groups excluding carboxylic acids is 1. The van der Waals surface area contributed by atoms with Gasteiger partial charge in [-0.2, -0.15) is 13.2 Å². The molecule has 1 aliphatic carbocycles. The SMILES string of the molecule is COC[C@H]1C[C@@H]1c1cc(C(F)(F)F)cnc1C(=O)NN. The number of ether oxygens (including phenoxy) is 1. The van der Waals surface area contributed by atoms with Crippen molar-refractivity contribution in [3.8, 4) is 0 Å². The smallest absolute Gasteiger partial charge is 0.384 e. The van der Waals surface area contributed by atoms with Crippen LogP contribution in [0.5, 0.6) is 0 Å². The molecule has 5 nitrogen and oxygen atoms in total. The molecular weight excluding hydrogens is 275 g/mol. The van der Waals surface area contributed by atoms with Gasteiger partial charge < -0.3 is 4.74 Å². The topological polar surface area (TPSA) is 77.2 Å². The molecule has 3 N–H and O–H groups in total. The van der Waals surface area contributed by atoms with Gasteiger partial charge in [0.05, 0.1) is 5.56 Å². The summed E-state index contributed by atoms with van der Waals surface area (Å²) in [6.07, 6.45) is -3.19. The van der Waals surface area contributed by atoms with Crippen LogP contribution in [0, 0.1) is 5.92 Å². The highest BCUT2D eigenvalue weighted by atomic mass is 19.4. The van der Waals surface area contributed by atoms with Crippen LogP contribution in [0.25, 0.3) is 0 Å². The minimum absolute atomic E-state index is 0.0656. The van der Waals surface area contributed by atoms with Crippen molar-refractivity contribution >= 4 is 5.91 Å². The highest BCUT2D eigenvalue weighted by Crippen LogP contribution is 2.49. The second kappa shape index (κ2) is 5.37. The lowest BCUT2D eigenvalue weighted by atomic mass is 10.0. The van der Waals surface area contributed by atoms with Crippen molar-refractivity contribution in [2.24, 2.45) is 11.8 Å². The third kappa shape index (κ3) is 2.91. The summed E-state index contributed by atoms with van der Waals surface area (Å²) in [6.45, 7) is 0.435. The Morgan fingerprint density at radius 3 is 2.85 bits per heavy atom. The predicted molar refractivity (Wildman–Crippen MR) is 63.6 cm³/mol. The Kier molecular flexibility index (Phi) is 3.96. The molecule has 20 heavy (non-hydrogen) atoms. The Morgan fingerprint density at radius 2 is 2.30 bits per heavy atom. The van der Waals surface area contributed by atoms with Gasteiger partial charge in [-0.3, -0.25) is 15.2 Å². The average Bonchev–Trinajstić information content (AvgIpc) is 3.16. The van der Waals surface area contributed by atoms with Crippen molar-refractivity contribution < 1.29 is 22.7 Å². The molecule has 0 unspecified atom stereocenters. The predicted octanol–water partition coefficient (Wildman–Crippen LogP) is 1.45. The number of methoxy groups -OCH3 is 1. The largest absolute Gasteiger partial charge is 0.417 e. The van der Waals surface area contributed by atoms with Crippen molar-refractivity contribution in [2.75, 3.05) is 13.7 Å². The lowest BCUT2D eigenvalue weighted by Gasteiger charge is -2.12. The standard InChI is InChI=1S/C12H14F3N3O2/c1-20-5-6-2-8(6)9-3-7(12(13,14)15)4-17-10(9)11(19)18-16/h3-4,6,8H,2,5,16H2,1H3,(H,18,19)/t6-,8+/m1/s1. The molecule has 1 aromatic heterocycles. The summed E-state index contributed by atoms with van der Waals surface area (Å²) in [5, 5.41) is 0. The zero-order valence-electron chi connectivity index (χ0n) is 10.7. The molecule has 1 aliphatic rings. The number of alkyl halides is 3. The Hall–Kier alpha value is -1.67. The molecule has 1 aromatic rings. The van der Waals surface area contributed by atoms with Gasteiger partial charge in [-0.1, -0.05) is 0 Å². The first kappa shape index (κ1) is 14.7. The van der Waals surface area contributed by atoms with Crippen LogP contribution in [0.3, 0.4) is 0 Å². The van der Waals surface area contributed by atoms with Gasteiger partial charge in [-0.15, -0.1) is 0 Å². The first-order valence-electron chi connectivity index (χ1n) is 5.95. The first-order chi connectivity index (χ1) is 9.38. The fourth-order valence-electron chi connectivity index (χ4n) is 2.20. The Morgan fingerprint density at radius 1 is 1.60 bits per heavy atom. The number of nitrogens with two attached hydrogens (primary N) is 1. The van der Waals surface area contributed by atoms with Gasteiger partial charge in [-0.05, 0) is 29.9 Å². The molecular formula is C12H14F3N3O2. The van der Waals surface area contributed by atoms with Crippen molar-refractivity contribution in [1.82, 2.24) is 10.4 Å². The number of hydrogen-bond donors (Lipinski definition) is 2. The van der Waals surface area contributed by atoms with Crippen molar-refractivity contribution in [1.29, 1.82) is 0 Å². The zero-order chi connectivity index (χ0) is 14.9. The quantitative estimate of drug-likeness (QED) is 0.500. The van der Waals surface area contributed by atoms with Gasteiger partial charge in [0.25, 0.3) is 5.91 Å². The molecule has 8 heteroatoms. The highest BCUT2D eigenvalue weighted by molar-refractivity contribution is 5.93. The number of rotatable bonds is 4. The number of nitrogen functional groups attached to an aromatic ring is 1. The van der Waals surface area contributed by atoms with Gasteiger partial charge in [0.1, 0.15) is 5.69 Å². The molecule has 1 fully saturated rings. The maximum absolute atomic E-state index is 12.7. The van der Waals surface area contributed by atoms with Gasteiger partial charge in [0.15, 0.2) is 0 Å². The maximum atomic E-state index is 12.7. The lowest BCUT2D eigenvalue weighted by Crippen LogP contribution is -2.31. The minimum Gasteiger partial charge on any atom is -0.384 e. The van der Waals surface area contributed by atoms with Crippen molar-refractivity contribution in [3.05, 3.63) is 29.1 Å². The third-order valence-electron chi connectivity index (χ3n) is 3.29. The molecule has 2 atom stereocenters. The number of aromatic nitrogens is 1. The van der Waals surface area contributed by atoms with Crippen LogP contribution >= 0.6 is 0 Å². The summed E-state index contributed by atoms with van der Waals surface area (Å²) in [5.41, 5.74) is 1.23. The Labute approximate surface area is 113 Å². The van der Waals surface area contributed by atoms with E-state index in [9.17, 15) is 18.0 Å². The van der Waals surface area contributed by atoms with Crippen LogP contribution in [-0.4, -0.2) is 24.6 Å². The van der Waals surface area contributed by atoms with Crippen LogP contribution in [0.15, 0.2) is 12.3 Å². The number of amides is 1. The molecule has 0 saturated heterocycles. The lowest BCUT2D eigenvalue weighted by molar-refractivity contribution is -0.137. The monoisotopic (exact) mass is 289 g/mol. The third-order valence-corrected chi connectivity index (χ3v) is 3.29. The minimum atomic E-state index is -4.49. The fourth-order valence-corrected chi connectivity index (χ4v) is 2.20. The van der Waals surface area contributed by atoms with Crippen LogP contribution < -0.4 is 11.3 Å². The summed E-state index contributed by atoms with van der Waals surface area (Å²) >= 11 is 0. The molecule has 0 spiro atoms. The number of pyridine rings is 1. The van der Waals surface area contributed by atoms with E-state index in [1.807, 2.05) is 5.43 Å². The molecule has 1 heterocycles. The number of nitrogens with one attached hydrogen (secondary N) is 1. The molecule has 0 radical (unpaired) electrons. The molecule has 0 bridgehead atoms. The summed E-state index contributed by atoms with van der Waals surface area (Å²) in [7, 11) is 1.52. The summed E-state index contributed by atoms with van der Waals surface area (Å²) in [6, 6.07) is 0.970. The van der Waals surface area contributed by atoms with Crippen LogP contribution in [0.2, 0.25) is 0 Å². The van der Waals surface area contributed by atoms with E-state index < -0.39 is 17.6 Å². The van der Waals surface area contributed by atoms with Crippen molar-refractivity contribution in [2.45, 2.75) is 18.5 Å². The van der Waals surface area contributed by atoms with E-state index >= 15 is 0 Å². The molecule has 1 amide bonds. The van der Waals surface area contributed by atoms with Gasteiger partial charge in [0.2, 0.25) is 0 Å². The molecule has 0 aliphatic heterocycles. The van der Waals surface area contributed by atoms with E-state index in [0.717, 1.165) is 6.07 Å².